The number of morpholine rings is 1. The molecule has 0 bridgehead atoms. The first-order chi connectivity index (χ1) is 17.2. The molecule has 3 aromatic rings. The minimum Gasteiger partial charge on any atom is -0.377 e. The van der Waals surface area contributed by atoms with E-state index in [2.05, 4.69) is 32.5 Å². The number of rotatable bonds is 8. The molecule has 12 nitrogen and oxygen atoms in total. The lowest BCUT2D eigenvalue weighted by Crippen LogP contribution is -2.44. The third kappa shape index (κ3) is 7.15. The number of hydrogen-bond acceptors (Lipinski definition) is 9. The van der Waals surface area contributed by atoms with E-state index >= 15 is 0 Å². The van der Waals surface area contributed by atoms with Crippen LogP contribution in [-0.4, -0.2) is 66.9 Å². The highest BCUT2D eigenvalue weighted by Gasteiger charge is 2.22. The van der Waals surface area contributed by atoms with Crippen LogP contribution in [0.25, 0.3) is 11.4 Å². The van der Waals surface area contributed by atoms with E-state index in [0.717, 1.165) is 11.1 Å². The van der Waals surface area contributed by atoms with Crippen molar-refractivity contribution in [1.82, 2.24) is 25.1 Å². The number of aryl methyl sites for hydroxylation is 1. The summed E-state index contributed by atoms with van der Waals surface area (Å²) in [4.78, 5) is 23.7. The summed E-state index contributed by atoms with van der Waals surface area (Å²) in [5.74, 6) is 1.17. The summed E-state index contributed by atoms with van der Waals surface area (Å²) in [6.07, 6.45) is 4.75. The van der Waals surface area contributed by atoms with Gasteiger partial charge in [0.2, 0.25) is 0 Å². The summed E-state index contributed by atoms with van der Waals surface area (Å²) in [6.45, 7) is 4.21. The van der Waals surface area contributed by atoms with Crippen molar-refractivity contribution >= 4 is 28.4 Å². The number of hydrogen-bond donors (Lipinski definition) is 4. The second-order valence-corrected chi connectivity index (χ2v) is 10.4. The summed E-state index contributed by atoms with van der Waals surface area (Å²) in [5.41, 5.74) is 2.78. The Bertz CT molecular complexity index is 1180. The molecule has 3 heterocycles. The third-order valence-electron chi connectivity index (χ3n) is 5.47. The quantitative estimate of drug-likeness (QED) is 0.353. The maximum absolute atomic E-state index is 12.3. The van der Waals surface area contributed by atoms with Crippen molar-refractivity contribution in [2.24, 2.45) is 7.05 Å². The second kappa shape index (κ2) is 11.2. The van der Waals surface area contributed by atoms with E-state index in [1.807, 2.05) is 25.4 Å². The molecule has 2 aromatic heterocycles. The fourth-order valence-electron chi connectivity index (χ4n) is 3.70. The van der Waals surface area contributed by atoms with E-state index in [9.17, 15) is 13.9 Å². The molecule has 0 spiro atoms. The molecule has 0 unspecified atom stereocenters. The molecule has 1 saturated heterocycles. The Morgan fingerprint density at radius 1 is 1.28 bits per heavy atom. The molecular formula is C23H31N7O5S. The van der Waals surface area contributed by atoms with E-state index < -0.39 is 10.9 Å². The number of aromatic nitrogens is 4. The highest BCUT2D eigenvalue weighted by Crippen LogP contribution is 2.36. The van der Waals surface area contributed by atoms with Gasteiger partial charge < -0.3 is 29.4 Å². The van der Waals surface area contributed by atoms with E-state index in [4.69, 9.17) is 13.9 Å². The lowest BCUT2D eigenvalue weighted by molar-refractivity contribution is 0.0985. The number of carbonyl (C=O) groups excluding carboxylic acids is 1. The van der Waals surface area contributed by atoms with Crippen LogP contribution in [0.15, 0.2) is 42.7 Å². The van der Waals surface area contributed by atoms with Crippen LogP contribution in [0.2, 0.25) is 0 Å². The van der Waals surface area contributed by atoms with Gasteiger partial charge in [0.15, 0.2) is 5.82 Å². The van der Waals surface area contributed by atoms with E-state index in [1.165, 1.54) is 6.26 Å². The molecule has 4 rings (SSSR count). The molecule has 0 saturated carbocycles. The number of amides is 2. The van der Waals surface area contributed by atoms with Gasteiger partial charge in [-0.3, -0.25) is 8.86 Å². The third-order valence-corrected chi connectivity index (χ3v) is 6.03. The average molecular weight is 518 g/mol. The van der Waals surface area contributed by atoms with Crippen molar-refractivity contribution in [3.05, 3.63) is 54.0 Å². The van der Waals surface area contributed by atoms with Crippen LogP contribution in [0.5, 0.6) is 0 Å². The number of nitrogens with zero attached hydrogens (tertiary/aromatic N) is 5. The summed E-state index contributed by atoms with van der Waals surface area (Å²) in [6, 6.07) is 8.76. The van der Waals surface area contributed by atoms with Crippen LogP contribution in [-0.2, 0) is 29.1 Å². The zero-order valence-electron chi connectivity index (χ0n) is 20.4. The van der Waals surface area contributed by atoms with E-state index in [1.54, 1.807) is 29.1 Å². The first kappa shape index (κ1) is 25.9. The molecular weight excluding hydrogens is 486 g/mol. The number of anilines is 2. The number of benzene rings is 1. The number of nitrogens with one attached hydrogen (secondary N) is 2. The Balaban J connectivity index is 1.49. The lowest BCUT2D eigenvalue weighted by atomic mass is 10.2. The molecule has 1 fully saturated rings. The van der Waals surface area contributed by atoms with E-state index in [0.29, 0.717) is 49.3 Å². The number of ether oxygens (including phenoxy) is 1. The molecule has 1 aliphatic rings. The van der Waals surface area contributed by atoms with Gasteiger partial charge in [-0.15, -0.1) is 0 Å². The van der Waals surface area contributed by atoms with Gasteiger partial charge in [-0.25, -0.2) is 14.8 Å². The Morgan fingerprint density at radius 2 is 2.06 bits per heavy atom. The average Bonchev–Trinajstić information content (AvgIpc) is 3.27. The normalized spacial score (nSPS) is 16.6. The molecule has 36 heavy (non-hydrogen) atoms. The van der Waals surface area contributed by atoms with Crippen molar-refractivity contribution in [3.8, 4) is 11.4 Å². The van der Waals surface area contributed by atoms with Gasteiger partial charge in [-0.1, -0.05) is 0 Å². The number of urea groups is 1. The van der Waals surface area contributed by atoms with Crippen LogP contribution in [0.3, 0.4) is 0 Å². The van der Waals surface area contributed by atoms with Gasteiger partial charge in [-0.2, -0.15) is 5.10 Å². The molecule has 0 aliphatic carbocycles. The van der Waals surface area contributed by atoms with Gasteiger partial charge in [0.25, 0.3) is 0 Å². The van der Waals surface area contributed by atoms with Crippen LogP contribution in [0.1, 0.15) is 18.2 Å². The fourth-order valence-corrected chi connectivity index (χ4v) is 4.04. The molecule has 13 heteroatoms. The molecule has 194 valence electrons. The van der Waals surface area contributed by atoms with Crippen molar-refractivity contribution in [2.75, 3.05) is 36.2 Å². The molecule has 0 radical (unpaired) electrons. The topological polar surface area (TPSA) is 147 Å². The predicted molar refractivity (Wildman–Crippen MR) is 138 cm³/mol. The highest BCUT2D eigenvalue weighted by molar-refractivity contribution is 8.19. The van der Waals surface area contributed by atoms with Gasteiger partial charge in [0, 0.05) is 55.5 Å². The summed E-state index contributed by atoms with van der Waals surface area (Å²) >= 11 is 0. The Morgan fingerprint density at radius 3 is 2.72 bits per heavy atom. The van der Waals surface area contributed by atoms with E-state index in [-0.39, 0.29) is 18.7 Å². The first-order valence-electron chi connectivity index (χ1n) is 11.4. The Labute approximate surface area is 211 Å². The smallest absolute Gasteiger partial charge is 0.319 e. The van der Waals surface area contributed by atoms with Crippen molar-refractivity contribution in [3.63, 3.8) is 0 Å². The molecule has 1 atom stereocenters. The lowest BCUT2D eigenvalue weighted by Gasteiger charge is -2.34. The van der Waals surface area contributed by atoms with Crippen molar-refractivity contribution in [2.45, 2.75) is 26.1 Å². The van der Waals surface area contributed by atoms with Crippen molar-refractivity contribution in [1.29, 1.82) is 0 Å². The van der Waals surface area contributed by atoms with Gasteiger partial charge in [-0.05, 0) is 31.2 Å². The standard InChI is InChI=1S/C23H31N7O5S/c1-16-14-34-9-8-30(16)21-10-20(15-35-36(3,32)33)26-22(28-21)18-4-6-19(7-5-18)27-23(31)24-11-17-12-25-29(2)13-17/h4-7,10,12-13,16,32-33H,8-9,11,14-15H2,1-3H3,(H2,24,27,31)/t16-/m0/s1. The van der Waals surface area contributed by atoms with Gasteiger partial charge in [0.1, 0.15) is 12.4 Å². The first-order valence-corrected chi connectivity index (χ1v) is 13.3. The molecule has 1 aromatic carbocycles. The maximum atomic E-state index is 12.3. The summed E-state index contributed by atoms with van der Waals surface area (Å²) < 4.78 is 31.7. The van der Waals surface area contributed by atoms with Gasteiger partial charge >= 0.3 is 6.03 Å². The van der Waals surface area contributed by atoms with Crippen LogP contribution in [0.4, 0.5) is 16.3 Å². The zero-order chi connectivity index (χ0) is 25.7. The summed E-state index contributed by atoms with van der Waals surface area (Å²) in [5, 5.41) is 9.67. The van der Waals surface area contributed by atoms with Crippen LogP contribution in [0, 0.1) is 0 Å². The maximum Gasteiger partial charge on any atom is 0.319 e. The zero-order valence-corrected chi connectivity index (χ0v) is 21.2. The number of carbonyl (C=O) groups is 1. The minimum atomic E-state index is -3.13. The molecule has 4 N–H and O–H groups in total. The SMILES string of the molecule is C[C@H]1COCCN1c1cc(COS(C)(O)O)nc(-c2ccc(NC(=O)NCc3cnn(C)c3)cc2)n1. The summed E-state index contributed by atoms with van der Waals surface area (Å²) in [7, 11) is -1.31. The Kier molecular flexibility index (Phi) is 8.06. The highest BCUT2D eigenvalue weighted by atomic mass is 32.3. The fraction of sp³-hybridized carbons (Fsp3) is 0.391. The van der Waals surface area contributed by atoms with Crippen LogP contribution >= 0.6 is 10.9 Å². The monoisotopic (exact) mass is 517 g/mol. The largest absolute Gasteiger partial charge is 0.377 e. The molecule has 1 aliphatic heterocycles. The molecule has 2 amide bonds. The van der Waals surface area contributed by atoms with Crippen LogP contribution < -0.4 is 15.5 Å². The minimum absolute atomic E-state index is 0.0726. The predicted octanol–water partition coefficient (Wildman–Crippen LogP) is 3.24. The Hall–Kier alpha value is -3.23. The second-order valence-electron chi connectivity index (χ2n) is 8.59. The van der Waals surface area contributed by atoms with Gasteiger partial charge in [0.05, 0.1) is 42.0 Å². The van der Waals surface area contributed by atoms with Crippen molar-refractivity contribution < 1.29 is 22.8 Å².